The number of amides is 1. The highest BCUT2D eigenvalue weighted by molar-refractivity contribution is 6.37. The van der Waals surface area contributed by atoms with E-state index in [-0.39, 0.29) is 34.0 Å². The van der Waals surface area contributed by atoms with Crippen LogP contribution in [-0.4, -0.2) is 47.9 Å². The lowest BCUT2D eigenvalue weighted by molar-refractivity contribution is 0.0508. The van der Waals surface area contributed by atoms with Crippen LogP contribution in [0, 0.1) is 5.82 Å². The first kappa shape index (κ1) is 20.5. The number of carboxylic acid groups (broad SMARTS) is 1. The molecule has 1 amide bonds. The van der Waals surface area contributed by atoms with Crippen LogP contribution in [0.5, 0.6) is 0 Å². The molecule has 9 heteroatoms. The Morgan fingerprint density at radius 2 is 1.96 bits per heavy atom. The highest BCUT2D eigenvalue weighted by Crippen LogP contribution is 2.41. The zero-order valence-electron chi connectivity index (χ0n) is 16.1. The predicted octanol–water partition coefficient (Wildman–Crippen LogP) is 3.86. The molecule has 0 spiro atoms. The van der Waals surface area contributed by atoms with Gasteiger partial charge in [0.05, 0.1) is 28.0 Å². The van der Waals surface area contributed by atoms with Crippen molar-refractivity contribution in [3.05, 3.63) is 22.5 Å². The summed E-state index contributed by atoms with van der Waals surface area (Å²) in [6.45, 7) is 6.17. The van der Waals surface area contributed by atoms with E-state index in [1.54, 1.807) is 25.7 Å². The summed E-state index contributed by atoms with van der Waals surface area (Å²) in [5, 5.41) is 15.3. The van der Waals surface area contributed by atoms with Gasteiger partial charge < -0.3 is 25.4 Å². The average molecular weight is 414 g/mol. The average Bonchev–Trinajstić information content (AvgIpc) is 3.26. The fourth-order valence-corrected chi connectivity index (χ4v) is 3.56. The SMILES string of the molecule is CC(C)(C)OC(=O)N[C@H]1CCN(c2c(F)cc(C(=O)O)c(NC3CC3)c2Cl)C1. The van der Waals surface area contributed by atoms with Gasteiger partial charge in [0.1, 0.15) is 11.4 Å². The van der Waals surface area contributed by atoms with Crippen LogP contribution < -0.4 is 15.5 Å². The topological polar surface area (TPSA) is 90.9 Å². The van der Waals surface area contributed by atoms with Crippen LogP contribution in [0.15, 0.2) is 6.07 Å². The normalized spacial score (nSPS) is 19.5. The van der Waals surface area contributed by atoms with Crippen molar-refractivity contribution >= 4 is 35.0 Å². The van der Waals surface area contributed by atoms with Gasteiger partial charge in [0.15, 0.2) is 0 Å². The molecule has 1 saturated heterocycles. The second-order valence-electron chi connectivity index (χ2n) is 8.25. The number of halogens is 2. The second kappa shape index (κ2) is 7.66. The lowest BCUT2D eigenvalue weighted by Gasteiger charge is -2.24. The molecule has 1 saturated carbocycles. The molecule has 0 aromatic heterocycles. The molecule has 1 aromatic rings. The standard InChI is InChI=1S/C19H25ClFN3O4/c1-19(2,3)28-18(27)23-11-6-7-24(9-11)16-13(21)8-12(17(25)26)15(14(16)20)22-10-4-5-10/h8,10-11,22H,4-7,9H2,1-3H3,(H,23,27)(H,25,26)/t11-/m0/s1. The van der Waals surface area contributed by atoms with Crippen molar-refractivity contribution in [2.45, 2.75) is 57.7 Å². The lowest BCUT2D eigenvalue weighted by atomic mass is 10.1. The Labute approximate surface area is 168 Å². The van der Waals surface area contributed by atoms with Gasteiger partial charge in [0.2, 0.25) is 0 Å². The molecule has 1 aliphatic heterocycles. The molecule has 1 aromatic carbocycles. The van der Waals surface area contributed by atoms with E-state index in [9.17, 15) is 19.1 Å². The number of hydrogen-bond acceptors (Lipinski definition) is 5. The highest BCUT2D eigenvalue weighted by Gasteiger charge is 2.32. The summed E-state index contributed by atoms with van der Waals surface area (Å²) in [5.74, 6) is -1.93. The van der Waals surface area contributed by atoms with Crippen molar-refractivity contribution < 1.29 is 23.8 Å². The van der Waals surface area contributed by atoms with Crippen LogP contribution in [0.3, 0.4) is 0 Å². The predicted molar refractivity (Wildman–Crippen MR) is 105 cm³/mol. The number of hydrogen-bond donors (Lipinski definition) is 3. The highest BCUT2D eigenvalue weighted by atomic mass is 35.5. The van der Waals surface area contributed by atoms with Gasteiger partial charge in [-0.3, -0.25) is 0 Å². The number of anilines is 2. The molecule has 0 radical (unpaired) electrons. The van der Waals surface area contributed by atoms with Crippen LogP contribution in [0.1, 0.15) is 50.4 Å². The monoisotopic (exact) mass is 413 g/mol. The second-order valence-corrected chi connectivity index (χ2v) is 8.62. The summed E-state index contributed by atoms with van der Waals surface area (Å²) in [6, 6.07) is 0.946. The Bertz CT molecular complexity index is 792. The fraction of sp³-hybridized carbons (Fsp3) is 0.579. The number of nitrogens with zero attached hydrogens (tertiary/aromatic N) is 1. The summed E-state index contributed by atoms with van der Waals surface area (Å²) in [5.41, 5.74) is -0.380. The largest absolute Gasteiger partial charge is 0.478 e. The first-order chi connectivity index (χ1) is 13.0. The van der Waals surface area contributed by atoms with Crippen LogP contribution in [0.4, 0.5) is 20.6 Å². The molecule has 7 nitrogen and oxygen atoms in total. The molecule has 2 fully saturated rings. The minimum absolute atomic E-state index is 0.0576. The van der Waals surface area contributed by atoms with Crippen molar-refractivity contribution in [3.8, 4) is 0 Å². The van der Waals surface area contributed by atoms with Gasteiger partial charge in [0.25, 0.3) is 0 Å². The molecule has 154 valence electrons. The fourth-order valence-electron chi connectivity index (χ4n) is 3.20. The van der Waals surface area contributed by atoms with Crippen LogP contribution >= 0.6 is 11.6 Å². The number of alkyl carbamates (subject to hydrolysis) is 1. The van der Waals surface area contributed by atoms with Gasteiger partial charge >= 0.3 is 12.1 Å². The van der Waals surface area contributed by atoms with E-state index in [1.165, 1.54) is 0 Å². The summed E-state index contributed by atoms with van der Waals surface area (Å²) in [4.78, 5) is 25.2. The lowest BCUT2D eigenvalue weighted by Crippen LogP contribution is -2.40. The molecule has 3 N–H and O–H groups in total. The van der Waals surface area contributed by atoms with E-state index < -0.39 is 23.5 Å². The van der Waals surface area contributed by atoms with E-state index in [2.05, 4.69) is 10.6 Å². The van der Waals surface area contributed by atoms with Crippen molar-refractivity contribution in [2.24, 2.45) is 0 Å². The Morgan fingerprint density at radius 1 is 1.29 bits per heavy atom. The number of nitrogens with one attached hydrogen (secondary N) is 2. The third kappa shape index (κ3) is 4.79. The smallest absolute Gasteiger partial charge is 0.407 e. The Morgan fingerprint density at radius 3 is 2.54 bits per heavy atom. The molecule has 1 heterocycles. The number of rotatable bonds is 5. The van der Waals surface area contributed by atoms with Crippen molar-refractivity contribution in [2.75, 3.05) is 23.3 Å². The quantitative estimate of drug-likeness (QED) is 0.679. The molecule has 0 bridgehead atoms. The first-order valence-electron chi connectivity index (χ1n) is 9.31. The number of benzene rings is 1. The number of aromatic carboxylic acids is 1. The summed E-state index contributed by atoms with van der Waals surface area (Å²) < 4.78 is 20.0. The maximum Gasteiger partial charge on any atom is 0.407 e. The number of ether oxygens (including phenoxy) is 1. The van der Waals surface area contributed by atoms with E-state index in [4.69, 9.17) is 16.3 Å². The summed E-state index contributed by atoms with van der Waals surface area (Å²) in [6.07, 6.45) is 1.92. The molecule has 28 heavy (non-hydrogen) atoms. The van der Waals surface area contributed by atoms with E-state index in [0.29, 0.717) is 19.5 Å². The van der Waals surface area contributed by atoms with Gasteiger partial charge in [-0.05, 0) is 46.1 Å². The third-order valence-electron chi connectivity index (χ3n) is 4.58. The van der Waals surface area contributed by atoms with Crippen LogP contribution in [0.25, 0.3) is 0 Å². The van der Waals surface area contributed by atoms with Crippen LogP contribution in [0.2, 0.25) is 5.02 Å². The number of carbonyl (C=O) groups excluding carboxylic acids is 1. The third-order valence-corrected chi connectivity index (χ3v) is 4.94. The van der Waals surface area contributed by atoms with Crippen LogP contribution in [-0.2, 0) is 4.74 Å². The molecular weight excluding hydrogens is 389 g/mol. The van der Waals surface area contributed by atoms with Crippen molar-refractivity contribution in [1.82, 2.24) is 5.32 Å². The molecule has 1 aliphatic carbocycles. The zero-order chi connectivity index (χ0) is 20.6. The van der Waals surface area contributed by atoms with Gasteiger partial charge in [-0.1, -0.05) is 11.6 Å². The zero-order valence-corrected chi connectivity index (χ0v) is 16.9. The number of carboxylic acids is 1. The molecule has 3 rings (SSSR count). The molecular formula is C19H25ClFN3O4. The molecule has 1 atom stereocenters. The summed E-state index contributed by atoms with van der Waals surface area (Å²) in [7, 11) is 0. The first-order valence-corrected chi connectivity index (χ1v) is 9.69. The van der Waals surface area contributed by atoms with Gasteiger partial charge in [-0.2, -0.15) is 0 Å². The van der Waals surface area contributed by atoms with Crippen molar-refractivity contribution in [3.63, 3.8) is 0 Å². The Kier molecular flexibility index (Phi) is 5.61. The van der Waals surface area contributed by atoms with Crippen molar-refractivity contribution in [1.29, 1.82) is 0 Å². The Hall–Kier alpha value is -2.22. The summed E-state index contributed by atoms with van der Waals surface area (Å²) >= 11 is 6.44. The van der Waals surface area contributed by atoms with Gasteiger partial charge in [-0.15, -0.1) is 0 Å². The van der Waals surface area contributed by atoms with E-state index >= 15 is 0 Å². The molecule has 0 unspecified atom stereocenters. The van der Waals surface area contributed by atoms with E-state index in [0.717, 1.165) is 18.9 Å². The maximum absolute atomic E-state index is 14.7. The maximum atomic E-state index is 14.7. The minimum atomic E-state index is -1.23. The van der Waals surface area contributed by atoms with Gasteiger partial charge in [-0.25, -0.2) is 14.0 Å². The Balaban J connectivity index is 1.78. The van der Waals surface area contributed by atoms with Gasteiger partial charge in [0, 0.05) is 19.1 Å². The number of carbonyl (C=O) groups is 2. The minimum Gasteiger partial charge on any atom is -0.478 e. The molecule has 2 aliphatic rings. The van der Waals surface area contributed by atoms with E-state index in [1.807, 2.05) is 0 Å².